The largest absolute Gasteiger partial charge is 0.391 e. The quantitative estimate of drug-likeness (QED) is 0.910. The topological polar surface area (TPSA) is 41.3 Å². The van der Waals surface area contributed by atoms with Gasteiger partial charge < -0.3 is 10.0 Å². The molecule has 3 rings (SSSR count). The number of anilines is 1. The van der Waals surface area contributed by atoms with Crippen LogP contribution in [-0.2, 0) is 6.54 Å². The Bertz CT molecular complexity index is 527. The Morgan fingerprint density at radius 3 is 2.68 bits per heavy atom. The van der Waals surface area contributed by atoms with Crippen LogP contribution in [0.4, 0.5) is 5.82 Å². The van der Waals surface area contributed by atoms with Crippen molar-refractivity contribution in [2.24, 2.45) is 5.92 Å². The van der Waals surface area contributed by atoms with Crippen molar-refractivity contribution in [2.45, 2.75) is 19.6 Å². The Hall–Kier alpha value is -1.81. The van der Waals surface area contributed by atoms with Gasteiger partial charge in [0.25, 0.3) is 0 Å². The van der Waals surface area contributed by atoms with E-state index in [4.69, 9.17) is 0 Å². The van der Waals surface area contributed by atoms with Crippen molar-refractivity contribution < 1.29 is 5.11 Å². The van der Waals surface area contributed by atoms with Crippen molar-refractivity contribution in [3.05, 3.63) is 48.2 Å². The van der Waals surface area contributed by atoms with Crippen molar-refractivity contribution in [3.63, 3.8) is 0 Å². The lowest BCUT2D eigenvalue weighted by Crippen LogP contribution is -2.21. The van der Waals surface area contributed by atoms with Gasteiger partial charge in [-0.15, -0.1) is 0 Å². The van der Waals surface area contributed by atoms with Gasteiger partial charge in [0.05, 0.1) is 12.6 Å². The minimum atomic E-state index is -0.237. The third kappa shape index (κ3) is 2.63. The number of nitrogens with zero attached hydrogens (tertiary/aromatic N) is 3. The number of hydrogen-bond donors (Lipinski definition) is 1. The van der Waals surface area contributed by atoms with E-state index in [2.05, 4.69) is 29.1 Å². The molecule has 0 saturated carbocycles. The normalized spacial score (nSPS) is 22.9. The summed E-state index contributed by atoms with van der Waals surface area (Å²) < 4.78 is 1.94. The Morgan fingerprint density at radius 2 is 2.00 bits per heavy atom. The van der Waals surface area contributed by atoms with E-state index in [-0.39, 0.29) is 6.10 Å². The molecule has 100 valence electrons. The van der Waals surface area contributed by atoms with Gasteiger partial charge in [-0.25, -0.2) is 0 Å². The zero-order valence-corrected chi connectivity index (χ0v) is 11.1. The molecule has 2 atom stereocenters. The lowest BCUT2D eigenvalue weighted by Gasteiger charge is -2.13. The van der Waals surface area contributed by atoms with Crippen LogP contribution in [0.15, 0.2) is 42.6 Å². The first-order valence-corrected chi connectivity index (χ1v) is 6.73. The van der Waals surface area contributed by atoms with Gasteiger partial charge in [0, 0.05) is 31.3 Å². The second-order valence-corrected chi connectivity index (χ2v) is 5.31. The van der Waals surface area contributed by atoms with E-state index in [0.717, 1.165) is 18.9 Å². The van der Waals surface area contributed by atoms with E-state index >= 15 is 0 Å². The number of β-amino-alcohol motifs (C(OH)–C–C–N with tert-alkyl or cyclic N) is 1. The van der Waals surface area contributed by atoms with Crippen LogP contribution < -0.4 is 4.90 Å². The molecule has 1 N–H and O–H groups in total. The van der Waals surface area contributed by atoms with Gasteiger partial charge in [0.1, 0.15) is 0 Å². The molecule has 0 spiro atoms. The first kappa shape index (κ1) is 12.2. The van der Waals surface area contributed by atoms with Crippen LogP contribution in [0.1, 0.15) is 12.5 Å². The number of aliphatic hydroxyl groups is 1. The van der Waals surface area contributed by atoms with Crippen molar-refractivity contribution >= 4 is 5.82 Å². The number of hydrogen-bond acceptors (Lipinski definition) is 3. The number of benzene rings is 1. The average molecular weight is 257 g/mol. The molecule has 19 heavy (non-hydrogen) atoms. The van der Waals surface area contributed by atoms with Crippen molar-refractivity contribution in [1.29, 1.82) is 0 Å². The molecule has 1 aromatic carbocycles. The van der Waals surface area contributed by atoms with E-state index in [1.807, 2.05) is 35.1 Å². The summed E-state index contributed by atoms with van der Waals surface area (Å²) in [6, 6.07) is 12.3. The molecule has 2 heterocycles. The van der Waals surface area contributed by atoms with Gasteiger partial charge in [0.15, 0.2) is 5.82 Å². The van der Waals surface area contributed by atoms with Crippen LogP contribution in [-0.4, -0.2) is 34.1 Å². The SMILES string of the molecule is C[C@H]1CN(c2ccn(Cc3ccccc3)n2)C[C@H]1O. The van der Waals surface area contributed by atoms with Gasteiger partial charge in [-0.05, 0) is 5.56 Å². The molecule has 0 amide bonds. The molecule has 1 fully saturated rings. The van der Waals surface area contributed by atoms with E-state index < -0.39 is 0 Å². The average Bonchev–Trinajstić information content (AvgIpc) is 2.99. The first-order valence-electron chi connectivity index (χ1n) is 6.73. The van der Waals surface area contributed by atoms with Gasteiger partial charge in [-0.1, -0.05) is 37.3 Å². The highest BCUT2D eigenvalue weighted by Gasteiger charge is 2.28. The minimum Gasteiger partial charge on any atom is -0.391 e. The molecule has 0 bridgehead atoms. The Balaban J connectivity index is 1.70. The summed E-state index contributed by atoms with van der Waals surface area (Å²) in [7, 11) is 0. The predicted octanol–water partition coefficient (Wildman–Crippen LogP) is 1.75. The van der Waals surface area contributed by atoms with Crippen LogP contribution in [0.3, 0.4) is 0 Å². The molecule has 0 radical (unpaired) electrons. The second kappa shape index (κ2) is 5.05. The zero-order valence-electron chi connectivity index (χ0n) is 11.1. The van der Waals surface area contributed by atoms with Crippen molar-refractivity contribution in [2.75, 3.05) is 18.0 Å². The molecule has 2 aromatic rings. The molecule has 0 aliphatic carbocycles. The highest BCUT2D eigenvalue weighted by Crippen LogP contribution is 2.22. The minimum absolute atomic E-state index is 0.237. The smallest absolute Gasteiger partial charge is 0.150 e. The predicted molar refractivity (Wildman–Crippen MR) is 75.2 cm³/mol. The van der Waals surface area contributed by atoms with Crippen LogP contribution in [0.2, 0.25) is 0 Å². The monoisotopic (exact) mass is 257 g/mol. The van der Waals surface area contributed by atoms with Crippen LogP contribution in [0, 0.1) is 5.92 Å². The summed E-state index contributed by atoms with van der Waals surface area (Å²) in [4.78, 5) is 2.15. The van der Waals surface area contributed by atoms with Crippen LogP contribution >= 0.6 is 0 Å². The fourth-order valence-corrected chi connectivity index (χ4v) is 2.51. The number of rotatable bonds is 3. The fraction of sp³-hybridized carbons (Fsp3) is 0.400. The van der Waals surface area contributed by atoms with Crippen LogP contribution in [0.25, 0.3) is 0 Å². The Morgan fingerprint density at radius 1 is 1.21 bits per heavy atom. The lowest BCUT2D eigenvalue weighted by molar-refractivity contribution is 0.157. The highest BCUT2D eigenvalue weighted by molar-refractivity contribution is 5.39. The maximum absolute atomic E-state index is 9.80. The standard InChI is InChI=1S/C15H19N3O/c1-12-9-17(11-14(12)19)15-7-8-18(16-15)10-13-5-3-2-4-6-13/h2-8,12,14,19H,9-11H2,1H3/t12-,14+/m0/s1. The molecular formula is C15H19N3O. The molecule has 1 aliphatic heterocycles. The molecule has 1 aliphatic rings. The third-order valence-electron chi connectivity index (χ3n) is 3.71. The third-order valence-corrected chi connectivity index (χ3v) is 3.71. The number of aromatic nitrogens is 2. The lowest BCUT2D eigenvalue weighted by atomic mass is 10.1. The van der Waals surface area contributed by atoms with Crippen molar-refractivity contribution in [3.8, 4) is 0 Å². The highest BCUT2D eigenvalue weighted by atomic mass is 16.3. The molecule has 1 aromatic heterocycles. The molecule has 4 nitrogen and oxygen atoms in total. The van der Waals surface area contributed by atoms with Crippen LogP contribution in [0.5, 0.6) is 0 Å². The summed E-state index contributed by atoms with van der Waals surface area (Å²) in [5.41, 5.74) is 1.24. The van der Waals surface area contributed by atoms with E-state index in [1.54, 1.807) is 0 Å². The second-order valence-electron chi connectivity index (χ2n) is 5.31. The Labute approximate surface area is 113 Å². The summed E-state index contributed by atoms with van der Waals surface area (Å²) in [6.45, 7) is 4.42. The van der Waals surface area contributed by atoms with Crippen molar-refractivity contribution in [1.82, 2.24) is 9.78 Å². The fourth-order valence-electron chi connectivity index (χ4n) is 2.51. The maximum atomic E-state index is 9.80. The maximum Gasteiger partial charge on any atom is 0.150 e. The Kier molecular flexibility index (Phi) is 3.25. The summed E-state index contributed by atoms with van der Waals surface area (Å²) >= 11 is 0. The van der Waals surface area contributed by atoms with Gasteiger partial charge in [0.2, 0.25) is 0 Å². The summed E-state index contributed by atoms with van der Waals surface area (Å²) in [5, 5.41) is 14.4. The molecular weight excluding hydrogens is 238 g/mol. The molecule has 4 heteroatoms. The van der Waals surface area contributed by atoms with Gasteiger partial charge >= 0.3 is 0 Å². The van der Waals surface area contributed by atoms with E-state index in [1.165, 1.54) is 5.56 Å². The van der Waals surface area contributed by atoms with E-state index in [9.17, 15) is 5.11 Å². The van der Waals surface area contributed by atoms with Gasteiger partial charge in [-0.2, -0.15) is 5.10 Å². The summed E-state index contributed by atoms with van der Waals surface area (Å²) in [5.74, 6) is 1.28. The van der Waals surface area contributed by atoms with E-state index in [0.29, 0.717) is 12.5 Å². The summed E-state index contributed by atoms with van der Waals surface area (Å²) in [6.07, 6.45) is 1.76. The molecule has 0 unspecified atom stereocenters. The first-order chi connectivity index (χ1) is 9.22. The zero-order chi connectivity index (χ0) is 13.2. The molecule has 1 saturated heterocycles. The number of aliphatic hydroxyl groups excluding tert-OH is 1. The van der Waals surface area contributed by atoms with Gasteiger partial charge in [-0.3, -0.25) is 4.68 Å².